The van der Waals surface area contributed by atoms with Crippen LogP contribution in [0.4, 0.5) is 0 Å². The lowest BCUT2D eigenvalue weighted by Crippen LogP contribution is -2.34. The largest absolute Gasteiger partial charge is 0.508 e. The number of phenols is 1. The maximum Gasteiger partial charge on any atom is 0.211 e. The molecule has 5 aromatic rings. The van der Waals surface area contributed by atoms with Gasteiger partial charge in [-0.3, -0.25) is 14.7 Å². The van der Waals surface area contributed by atoms with Crippen LogP contribution in [0.3, 0.4) is 0 Å². The van der Waals surface area contributed by atoms with E-state index in [-0.39, 0.29) is 48.1 Å². The van der Waals surface area contributed by atoms with Gasteiger partial charge in [0.05, 0.1) is 35.5 Å². The number of benzene rings is 4. The number of halogens is 2. The van der Waals surface area contributed by atoms with Gasteiger partial charge in [-0.25, -0.2) is 0 Å². The molecule has 11 nitrogen and oxygen atoms in total. The van der Waals surface area contributed by atoms with E-state index in [1.807, 2.05) is 19.2 Å². The SMILES string of the molecule is COc1cc(O)c2cc1Oc1ccc(cc1)C(=O)c1nccc3cc(OC)c(cc13)Oc1c(OC)c(OC)c(OC)c3c1C(C2)N(C)CC3.Cl.Cl. The molecule has 6 bridgehead atoms. The van der Waals surface area contributed by atoms with Crippen LogP contribution in [0.5, 0.6) is 57.5 Å². The second-order valence-electron chi connectivity index (χ2n) is 11.8. The van der Waals surface area contributed by atoms with E-state index >= 15 is 0 Å². The molecule has 51 heavy (non-hydrogen) atoms. The highest BCUT2D eigenvalue weighted by atomic mass is 35.5. The maximum atomic E-state index is 13.9. The minimum atomic E-state index is -0.331. The van der Waals surface area contributed by atoms with Crippen LogP contribution >= 0.6 is 24.8 Å². The quantitative estimate of drug-likeness (QED) is 0.191. The molecule has 1 unspecified atom stereocenters. The number of nitrogens with zero attached hydrogens (tertiary/aromatic N) is 2. The third-order valence-electron chi connectivity index (χ3n) is 9.25. The van der Waals surface area contributed by atoms with Crippen LogP contribution in [0.2, 0.25) is 0 Å². The molecule has 0 aliphatic carbocycles. The van der Waals surface area contributed by atoms with Gasteiger partial charge < -0.3 is 38.3 Å². The molecule has 3 aliphatic heterocycles. The number of carbonyl (C=O) groups excluding carboxylic acids is 1. The van der Waals surface area contributed by atoms with Crippen LogP contribution in [0, 0.1) is 0 Å². The molecule has 1 atom stereocenters. The van der Waals surface area contributed by atoms with Crippen LogP contribution in [0.15, 0.2) is 60.8 Å². The van der Waals surface area contributed by atoms with Crippen LogP contribution in [-0.2, 0) is 12.8 Å². The number of pyridine rings is 1. The number of hydrogen-bond donors (Lipinski definition) is 1. The average molecular weight is 738 g/mol. The number of fused-ring (bicyclic) bond motifs is 2. The molecule has 0 spiro atoms. The van der Waals surface area contributed by atoms with E-state index in [0.29, 0.717) is 87.6 Å². The zero-order valence-electron chi connectivity index (χ0n) is 28.9. The van der Waals surface area contributed by atoms with Crippen molar-refractivity contribution in [2.75, 3.05) is 49.1 Å². The summed E-state index contributed by atoms with van der Waals surface area (Å²) in [5, 5.41) is 12.6. The molecular formula is C38H38Cl2N2O9. The molecule has 0 saturated heterocycles. The number of rotatable bonds is 5. The summed E-state index contributed by atoms with van der Waals surface area (Å²) in [7, 11) is 9.78. The maximum absolute atomic E-state index is 13.9. The third-order valence-corrected chi connectivity index (χ3v) is 9.25. The van der Waals surface area contributed by atoms with Gasteiger partial charge in [0.2, 0.25) is 17.3 Å². The van der Waals surface area contributed by atoms with Crippen LogP contribution in [0.25, 0.3) is 10.8 Å². The fourth-order valence-corrected chi connectivity index (χ4v) is 6.79. The number of likely N-dealkylation sites (N-methyl/N-ethyl adjacent to an activating group) is 1. The standard InChI is InChI=1S/C38H36N2O9.2ClH/c1-40-14-12-24-32-26(40)15-22-17-30(29(44-3)19-27(22)41)48-23-9-7-20(8-10-23)34(42)33-25-18-31(28(43-2)16-21(25)11-13-39-33)49-36(32)38(47-6)37(46-5)35(24)45-4;;/h7-11,13,16-19,26,41H,12,14-15H2,1-6H3;2*1H. The Morgan fingerprint density at radius 1 is 0.804 bits per heavy atom. The first-order valence-corrected chi connectivity index (χ1v) is 15.7. The predicted octanol–water partition coefficient (Wildman–Crippen LogP) is 7.73. The molecule has 1 N–H and O–H groups in total. The van der Waals surface area contributed by atoms with E-state index < -0.39 is 0 Å². The number of ether oxygens (including phenoxy) is 7. The molecule has 4 heterocycles. The monoisotopic (exact) mass is 736 g/mol. The number of phenolic OH excluding ortho intramolecular Hbond substituents is 1. The van der Waals surface area contributed by atoms with Crippen LogP contribution in [-0.4, -0.2) is 69.9 Å². The Balaban J connectivity index is 0.00000252. The van der Waals surface area contributed by atoms with Crippen LogP contribution < -0.4 is 33.2 Å². The number of hydrogen-bond acceptors (Lipinski definition) is 11. The number of aromatic nitrogens is 1. The fourth-order valence-electron chi connectivity index (χ4n) is 6.79. The Labute approximate surface area is 307 Å². The first kappa shape index (κ1) is 37.2. The lowest BCUT2D eigenvalue weighted by atomic mass is 9.86. The zero-order chi connectivity index (χ0) is 34.4. The molecule has 0 amide bonds. The van der Waals surface area contributed by atoms with Crippen molar-refractivity contribution < 1.29 is 43.1 Å². The van der Waals surface area contributed by atoms with Crippen molar-refractivity contribution in [1.29, 1.82) is 0 Å². The van der Waals surface area contributed by atoms with Gasteiger partial charge in [0, 0.05) is 46.9 Å². The summed E-state index contributed by atoms with van der Waals surface area (Å²) in [6.45, 7) is 0.687. The zero-order valence-corrected chi connectivity index (χ0v) is 30.5. The molecular weight excluding hydrogens is 699 g/mol. The molecule has 1 aromatic heterocycles. The van der Waals surface area contributed by atoms with E-state index in [4.69, 9.17) is 33.2 Å². The Bertz CT molecular complexity index is 2110. The minimum absolute atomic E-state index is 0. The molecule has 0 fully saturated rings. The Morgan fingerprint density at radius 2 is 1.47 bits per heavy atom. The van der Waals surface area contributed by atoms with Crippen molar-refractivity contribution in [2.24, 2.45) is 0 Å². The van der Waals surface area contributed by atoms with E-state index in [1.165, 1.54) is 7.11 Å². The van der Waals surface area contributed by atoms with Gasteiger partial charge in [-0.1, -0.05) is 0 Å². The van der Waals surface area contributed by atoms with Gasteiger partial charge >= 0.3 is 0 Å². The van der Waals surface area contributed by atoms with Crippen molar-refractivity contribution >= 4 is 41.4 Å². The number of ketones is 1. The number of carbonyl (C=O) groups is 1. The fraction of sp³-hybridized carbons (Fsp3) is 0.263. The summed E-state index contributed by atoms with van der Waals surface area (Å²) in [4.78, 5) is 20.6. The van der Waals surface area contributed by atoms with E-state index in [2.05, 4.69) is 9.88 Å². The van der Waals surface area contributed by atoms with Gasteiger partial charge in [-0.05, 0) is 79.4 Å². The molecule has 0 radical (unpaired) electrons. The van der Waals surface area contributed by atoms with Gasteiger partial charge in [0.1, 0.15) is 17.2 Å². The first-order valence-electron chi connectivity index (χ1n) is 15.7. The Hall–Kier alpha value is -5.10. The average Bonchev–Trinajstić information content (AvgIpc) is 3.12. The molecule has 13 heteroatoms. The number of methoxy groups -OCH3 is 5. The highest BCUT2D eigenvalue weighted by molar-refractivity contribution is 6.15. The Kier molecular flexibility index (Phi) is 10.9. The summed E-state index contributed by atoms with van der Waals surface area (Å²) in [6, 6.07) is 15.2. The van der Waals surface area contributed by atoms with Crippen molar-refractivity contribution in [3.05, 3.63) is 88.7 Å². The summed E-state index contributed by atoms with van der Waals surface area (Å²) < 4.78 is 42.4. The smallest absolute Gasteiger partial charge is 0.211 e. The topological polar surface area (TPSA) is 118 Å². The van der Waals surface area contributed by atoms with Gasteiger partial charge in [0.15, 0.2) is 34.5 Å². The lowest BCUT2D eigenvalue weighted by molar-refractivity contribution is 0.103. The minimum Gasteiger partial charge on any atom is -0.508 e. The van der Waals surface area contributed by atoms with Crippen LogP contribution in [0.1, 0.15) is 38.8 Å². The number of aromatic hydroxyl groups is 1. The third kappa shape index (κ3) is 6.37. The molecule has 3 aliphatic rings. The summed E-state index contributed by atoms with van der Waals surface area (Å²) in [5.41, 5.74) is 2.97. The molecule has 8 rings (SSSR count). The lowest BCUT2D eigenvalue weighted by Gasteiger charge is -2.37. The summed E-state index contributed by atoms with van der Waals surface area (Å²) in [6.07, 6.45) is 2.58. The summed E-state index contributed by atoms with van der Waals surface area (Å²) in [5.74, 6) is 3.43. The van der Waals surface area contributed by atoms with E-state index in [1.54, 1.807) is 77.1 Å². The van der Waals surface area contributed by atoms with E-state index in [0.717, 1.165) is 16.5 Å². The first-order chi connectivity index (χ1) is 23.8. The van der Waals surface area contributed by atoms with E-state index in [9.17, 15) is 9.90 Å². The highest BCUT2D eigenvalue weighted by Gasteiger charge is 2.37. The molecule has 0 saturated carbocycles. The Morgan fingerprint density at radius 3 is 2.14 bits per heavy atom. The summed E-state index contributed by atoms with van der Waals surface area (Å²) >= 11 is 0. The van der Waals surface area contributed by atoms with Crippen molar-refractivity contribution in [3.63, 3.8) is 0 Å². The molecule has 4 aromatic carbocycles. The van der Waals surface area contributed by atoms with Crippen molar-refractivity contribution in [3.8, 4) is 57.5 Å². The van der Waals surface area contributed by atoms with Gasteiger partial charge in [0.25, 0.3) is 0 Å². The highest BCUT2D eigenvalue weighted by Crippen LogP contribution is 2.56. The molecule has 268 valence electrons. The second kappa shape index (κ2) is 15.0. The van der Waals surface area contributed by atoms with Gasteiger partial charge in [-0.2, -0.15) is 0 Å². The normalized spacial score (nSPS) is 14.9. The van der Waals surface area contributed by atoms with Gasteiger partial charge in [-0.15, -0.1) is 24.8 Å². The predicted molar refractivity (Wildman–Crippen MR) is 196 cm³/mol. The van der Waals surface area contributed by atoms with Crippen molar-refractivity contribution in [2.45, 2.75) is 18.9 Å². The van der Waals surface area contributed by atoms with Crippen molar-refractivity contribution in [1.82, 2.24) is 9.88 Å². The second-order valence-corrected chi connectivity index (χ2v) is 11.8.